The second-order valence-corrected chi connectivity index (χ2v) is 6.54. The van der Waals surface area contributed by atoms with Crippen molar-refractivity contribution in [2.75, 3.05) is 19.9 Å². The van der Waals surface area contributed by atoms with E-state index < -0.39 is 0 Å². The molecular formula is C20H21ClN2O4. The van der Waals surface area contributed by atoms with Crippen molar-refractivity contribution in [1.29, 1.82) is 0 Å². The highest BCUT2D eigenvalue weighted by atomic mass is 35.5. The van der Waals surface area contributed by atoms with Gasteiger partial charge in [-0.05, 0) is 48.9 Å². The normalized spacial score (nSPS) is 11.9. The van der Waals surface area contributed by atoms with E-state index in [0.29, 0.717) is 29.4 Å². The van der Waals surface area contributed by atoms with Crippen molar-refractivity contribution in [3.05, 3.63) is 58.6 Å². The molecule has 0 aliphatic carbocycles. The van der Waals surface area contributed by atoms with Gasteiger partial charge >= 0.3 is 0 Å². The molecule has 0 fully saturated rings. The van der Waals surface area contributed by atoms with Crippen molar-refractivity contribution in [3.8, 4) is 11.5 Å². The van der Waals surface area contributed by atoms with Gasteiger partial charge in [-0.15, -0.1) is 0 Å². The molecule has 27 heavy (non-hydrogen) atoms. The van der Waals surface area contributed by atoms with E-state index in [1.54, 1.807) is 29.2 Å². The molecule has 1 aliphatic rings. The van der Waals surface area contributed by atoms with Gasteiger partial charge in [-0.2, -0.15) is 0 Å². The van der Waals surface area contributed by atoms with E-state index in [9.17, 15) is 9.59 Å². The number of benzene rings is 2. The van der Waals surface area contributed by atoms with Crippen LogP contribution in [0, 0.1) is 0 Å². The third-order valence-electron chi connectivity index (χ3n) is 4.28. The molecular weight excluding hydrogens is 368 g/mol. The molecule has 2 amide bonds. The molecule has 142 valence electrons. The van der Waals surface area contributed by atoms with E-state index in [1.165, 1.54) is 0 Å². The van der Waals surface area contributed by atoms with E-state index >= 15 is 0 Å². The summed E-state index contributed by atoms with van der Waals surface area (Å²) in [4.78, 5) is 26.3. The Bertz CT molecular complexity index is 823. The first-order chi connectivity index (χ1) is 13.1. The summed E-state index contributed by atoms with van der Waals surface area (Å²) >= 11 is 5.81. The zero-order chi connectivity index (χ0) is 19.2. The standard InChI is InChI=1S/C20H21ClN2O4/c1-2-23(12-14-3-8-17-18(11-14)27-13-26-17)19(24)9-10-22-20(25)15-4-6-16(21)7-5-15/h3-8,11H,2,9-10,12-13H2,1H3,(H,22,25). The number of carbonyl (C=O) groups excluding carboxylic acids is 2. The topological polar surface area (TPSA) is 67.9 Å². The van der Waals surface area contributed by atoms with Crippen LogP contribution in [0.4, 0.5) is 0 Å². The predicted octanol–water partition coefficient (Wildman–Crippen LogP) is 3.24. The predicted molar refractivity (Wildman–Crippen MR) is 102 cm³/mol. The van der Waals surface area contributed by atoms with E-state index in [4.69, 9.17) is 21.1 Å². The molecule has 0 aromatic heterocycles. The van der Waals surface area contributed by atoms with Crippen LogP contribution in [-0.4, -0.2) is 36.6 Å². The number of hydrogen-bond donors (Lipinski definition) is 1. The number of rotatable bonds is 7. The molecule has 2 aromatic rings. The first-order valence-corrected chi connectivity index (χ1v) is 9.14. The molecule has 2 aromatic carbocycles. The second kappa shape index (κ2) is 8.77. The van der Waals surface area contributed by atoms with Crippen molar-refractivity contribution < 1.29 is 19.1 Å². The van der Waals surface area contributed by atoms with Crippen LogP contribution < -0.4 is 14.8 Å². The zero-order valence-electron chi connectivity index (χ0n) is 15.0. The van der Waals surface area contributed by atoms with E-state index in [-0.39, 0.29) is 31.6 Å². The number of nitrogens with one attached hydrogen (secondary N) is 1. The van der Waals surface area contributed by atoms with Crippen LogP contribution in [0.2, 0.25) is 5.02 Å². The van der Waals surface area contributed by atoms with Crippen molar-refractivity contribution in [2.24, 2.45) is 0 Å². The number of halogens is 1. The van der Waals surface area contributed by atoms with E-state index in [2.05, 4.69) is 5.32 Å². The molecule has 0 atom stereocenters. The number of fused-ring (bicyclic) bond motifs is 1. The summed E-state index contributed by atoms with van der Waals surface area (Å²) < 4.78 is 10.7. The first kappa shape index (κ1) is 19.0. The molecule has 0 radical (unpaired) electrons. The Morgan fingerprint density at radius 3 is 2.59 bits per heavy atom. The molecule has 0 spiro atoms. The quantitative estimate of drug-likeness (QED) is 0.790. The Kier molecular flexibility index (Phi) is 6.19. The van der Waals surface area contributed by atoms with Crippen LogP contribution in [0.3, 0.4) is 0 Å². The third kappa shape index (κ3) is 4.92. The Balaban J connectivity index is 1.49. The molecule has 1 heterocycles. The van der Waals surface area contributed by atoms with Gasteiger partial charge in [0.1, 0.15) is 0 Å². The smallest absolute Gasteiger partial charge is 0.251 e. The van der Waals surface area contributed by atoms with Crippen molar-refractivity contribution in [2.45, 2.75) is 19.9 Å². The molecule has 0 saturated heterocycles. The van der Waals surface area contributed by atoms with Crippen LogP contribution in [-0.2, 0) is 11.3 Å². The molecule has 0 bridgehead atoms. The minimum absolute atomic E-state index is 0.0217. The largest absolute Gasteiger partial charge is 0.454 e. The van der Waals surface area contributed by atoms with Crippen LogP contribution in [0.5, 0.6) is 11.5 Å². The van der Waals surface area contributed by atoms with Gasteiger partial charge < -0.3 is 19.7 Å². The zero-order valence-corrected chi connectivity index (χ0v) is 15.8. The van der Waals surface area contributed by atoms with E-state index in [0.717, 1.165) is 11.3 Å². The highest BCUT2D eigenvalue weighted by Gasteiger charge is 2.17. The number of amides is 2. The van der Waals surface area contributed by atoms with E-state index in [1.807, 2.05) is 25.1 Å². The number of nitrogens with zero attached hydrogens (tertiary/aromatic N) is 1. The van der Waals surface area contributed by atoms with Crippen LogP contribution >= 0.6 is 11.6 Å². The fraction of sp³-hybridized carbons (Fsp3) is 0.300. The van der Waals surface area contributed by atoms with Crippen molar-refractivity contribution >= 4 is 23.4 Å². The minimum atomic E-state index is -0.224. The first-order valence-electron chi connectivity index (χ1n) is 8.77. The summed E-state index contributed by atoms with van der Waals surface area (Å²) in [5.74, 6) is 1.18. The van der Waals surface area contributed by atoms with Gasteiger partial charge in [0.2, 0.25) is 12.7 Å². The van der Waals surface area contributed by atoms with Crippen molar-refractivity contribution in [1.82, 2.24) is 10.2 Å². The Labute approximate surface area is 163 Å². The maximum absolute atomic E-state index is 12.5. The van der Waals surface area contributed by atoms with Gasteiger partial charge in [0, 0.05) is 36.6 Å². The molecule has 6 nitrogen and oxygen atoms in total. The Morgan fingerprint density at radius 1 is 1.11 bits per heavy atom. The van der Waals surface area contributed by atoms with Crippen LogP contribution in [0.1, 0.15) is 29.3 Å². The number of carbonyl (C=O) groups is 2. The maximum atomic E-state index is 12.5. The van der Waals surface area contributed by atoms with Crippen LogP contribution in [0.25, 0.3) is 0 Å². The lowest BCUT2D eigenvalue weighted by molar-refractivity contribution is -0.131. The van der Waals surface area contributed by atoms with Gasteiger partial charge in [0.25, 0.3) is 5.91 Å². The number of hydrogen-bond acceptors (Lipinski definition) is 4. The SMILES string of the molecule is CCN(Cc1ccc2c(c1)OCO2)C(=O)CCNC(=O)c1ccc(Cl)cc1. The third-order valence-corrected chi connectivity index (χ3v) is 4.53. The number of ether oxygens (including phenoxy) is 2. The Morgan fingerprint density at radius 2 is 1.85 bits per heavy atom. The molecule has 1 aliphatic heterocycles. The van der Waals surface area contributed by atoms with Gasteiger partial charge in [-0.25, -0.2) is 0 Å². The van der Waals surface area contributed by atoms with Gasteiger partial charge in [-0.3, -0.25) is 9.59 Å². The van der Waals surface area contributed by atoms with Crippen molar-refractivity contribution in [3.63, 3.8) is 0 Å². The second-order valence-electron chi connectivity index (χ2n) is 6.11. The minimum Gasteiger partial charge on any atom is -0.454 e. The van der Waals surface area contributed by atoms with Gasteiger partial charge in [0.05, 0.1) is 0 Å². The van der Waals surface area contributed by atoms with Gasteiger partial charge in [0.15, 0.2) is 11.5 Å². The average Bonchev–Trinajstić information content (AvgIpc) is 3.14. The summed E-state index contributed by atoms with van der Waals surface area (Å²) in [6, 6.07) is 12.3. The Hall–Kier alpha value is -2.73. The monoisotopic (exact) mass is 388 g/mol. The lowest BCUT2D eigenvalue weighted by atomic mass is 10.2. The fourth-order valence-corrected chi connectivity index (χ4v) is 2.91. The lowest BCUT2D eigenvalue weighted by Crippen LogP contribution is -2.34. The summed E-state index contributed by atoms with van der Waals surface area (Å²) in [5.41, 5.74) is 1.49. The molecule has 0 saturated carbocycles. The lowest BCUT2D eigenvalue weighted by Gasteiger charge is -2.21. The molecule has 3 rings (SSSR count). The highest BCUT2D eigenvalue weighted by Crippen LogP contribution is 2.32. The fourth-order valence-electron chi connectivity index (χ4n) is 2.78. The summed E-state index contributed by atoms with van der Waals surface area (Å²) in [5, 5.41) is 3.33. The highest BCUT2D eigenvalue weighted by molar-refractivity contribution is 6.30. The molecule has 0 unspecified atom stereocenters. The van der Waals surface area contributed by atoms with Gasteiger partial charge in [-0.1, -0.05) is 17.7 Å². The molecule has 7 heteroatoms. The van der Waals surface area contributed by atoms with Crippen LogP contribution in [0.15, 0.2) is 42.5 Å². The summed E-state index contributed by atoms with van der Waals surface area (Å²) in [6.45, 7) is 3.49. The summed E-state index contributed by atoms with van der Waals surface area (Å²) in [7, 11) is 0. The summed E-state index contributed by atoms with van der Waals surface area (Å²) in [6.07, 6.45) is 0.234. The average molecular weight is 389 g/mol. The maximum Gasteiger partial charge on any atom is 0.251 e. The molecule has 1 N–H and O–H groups in total.